The van der Waals surface area contributed by atoms with Gasteiger partial charge in [0.25, 0.3) is 0 Å². The summed E-state index contributed by atoms with van der Waals surface area (Å²) in [6.07, 6.45) is 6.91. The van der Waals surface area contributed by atoms with Crippen LogP contribution in [-0.2, 0) is 12.1 Å². The molecule has 0 aromatic carbocycles. The Balaban J connectivity index is 2.47. The zero-order valence-electron chi connectivity index (χ0n) is 9.46. The van der Waals surface area contributed by atoms with Crippen molar-refractivity contribution in [1.82, 2.24) is 14.5 Å². The van der Waals surface area contributed by atoms with Crippen LogP contribution < -0.4 is 0 Å². The quantitative estimate of drug-likeness (QED) is 0.848. The Morgan fingerprint density at radius 3 is 2.88 bits per heavy atom. The Bertz CT molecular complexity index is 462. The van der Waals surface area contributed by atoms with E-state index in [2.05, 4.69) is 9.97 Å². The van der Waals surface area contributed by atoms with Crippen molar-refractivity contribution in [2.24, 2.45) is 0 Å². The molecule has 1 unspecified atom stereocenters. The maximum atomic E-state index is 10.5. The van der Waals surface area contributed by atoms with Crippen LogP contribution in [0.25, 0.3) is 0 Å². The van der Waals surface area contributed by atoms with Crippen LogP contribution in [0, 0.1) is 0 Å². The van der Waals surface area contributed by atoms with Gasteiger partial charge in [-0.15, -0.1) is 0 Å². The lowest BCUT2D eigenvalue weighted by Crippen LogP contribution is -2.27. The Morgan fingerprint density at radius 1 is 1.44 bits per heavy atom. The number of hydrogen-bond acceptors (Lipinski definition) is 3. The topological polar surface area (TPSA) is 50.9 Å². The minimum atomic E-state index is -1.10. The second kappa shape index (κ2) is 4.06. The van der Waals surface area contributed by atoms with E-state index >= 15 is 0 Å². The van der Waals surface area contributed by atoms with Crippen LogP contribution in [0.1, 0.15) is 25.2 Å². The molecule has 16 heavy (non-hydrogen) atoms. The average Bonchev–Trinajstić information content (AvgIpc) is 2.79. The van der Waals surface area contributed by atoms with E-state index in [1.165, 1.54) is 0 Å². The summed E-state index contributed by atoms with van der Waals surface area (Å²) in [6.45, 7) is 4.54. The molecular formula is C12H15N3O. The lowest BCUT2D eigenvalue weighted by molar-refractivity contribution is 0.0878. The van der Waals surface area contributed by atoms with E-state index < -0.39 is 5.60 Å². The first-order valence-electron chi connectivity index (χ1n) is 5.30. The zero-order chi connectivity index (χ0) is 11.6. The molecule has 0 aliphatic heterocycles. The van der Waals surface area contributed by atoms with Gasteiger partial charge in [0.15, 0.2) is 0 Å². The SMILES string of the molecule is CCn1ccnc1C(C)(O)c1cccnc1. The molecule has 0 spiro atoms. The fourth-order valence-corrected chi connectivity index (χ4v) is 1.77. The van der Waals surface area contributed by atoms with Crippen molar-refractivity contribution in [3.8, 4) is 0 Å². The number of pyridine rings is 1. The van der Waals surface area contributed by atoms with Crippen LogP contribution in [0.15, 0.2) is 36.9 Å². The first kappa shape index (κ1) is 10.8. The van der Waals surface area contributed by atoms with E-state index in [0.29, 0.717) is 5.82 Å². The molecule has 0 aliphatic rings. The molecule has 0 saturated heterocycles. The molecular weight excluding hydrogens is 202 g/mol. The van der Waals surface area contributed by atoms with Crippen LogP contribution >= 0.6 is 0 Å². The standard InChI is InChI=1S/C12H15N3O/c1-3-15-8-7-14-11(15)12(2,16)10-5-4-6-13-9-10/h4-9,16H,3H2,1-2H3. The van der Waals surface area contributed by atoms with Crippen molar-refractivity contribution in [2.75, 3.05) is 0 Å². The Kier molecular flexibility index (Phi) is 2.75. The van der Waals surface area contributed by atoms with Gasteiger partial charge in [-0.2, -0.15) is 0 Å². The Morgan fingerprint density at radius 2 is 2.25 bits per heavy atom. The third kappa shape index (κ3) is 1.72. The smallest absolute Gasteiger partial charge is 0.146 e. The molecule has 1 atom stereocenters. The summed E-state index contributed by atoms with van der Waals surface area (Å²) in [5.41, 5.74) is -0.357. The Labute approximate surface area is 94.6 Å². The van der Waals surface area contributed by atoms with Crippen LogP contribution in [0.4, 0.5) is 0 Å². The minimum Gasteiger partial charge on any atom is -0.377 e. The molecule has 4 heteroatoms. The number of aliphatic hydroxyl groups is 1. The van der Waals surface area contributed by atoms with Gasteiger partial charge in [0.1, 0.15) is 11.4 Å². The van der Waals surface area contributed by atoms with E-state index in [1.807, 2.05) is 29.8 Å². The number of imidazole rings is 1. The van der Waals surface area contributed by atoms with E-state index in [0.717, 1.165) is 12.1 Å². The van der Waals surface area contributed by atoms with Gasteiger partial charge >= 0.3 is 0 Å². The monoisotopic (exact) mass is 217 g/mol. The van der Waals surface area contributed by atoms with Crippen molar-refractivity contribution >= 4 is 0 Å². The molecule has 0 radical (unpaired) electrons. The van der Waals surface area contributed by atoms with E-state index in [1.54, 1.807) is 25.5 Å². The largest absolute Gasteiger partial charge is 0.377 e. The van der Waals surface area contributed by atoms with Crippen LogP contribution in [0.3, 0.4) is 0 Å². The van der Waals surface area contributed by atoms with Crippen molar-refractivity contribution in [3.63, 3.8) is 0 Å². The average molecular weight is 217 g/mol. The second-order valence-corrected chi connectivity index (χ2v) is 3.85. The molecule has 0 amide bonds. The summed E-state index contributed by atoms with van der Waals surface area (Å²) in [5, 5.41) is 10.5. The van der Waals surface area contributed by atoms with Crippen molar-refractivity contribution in [3.05, 3.63) is 48.3 Å². The highest BCUT2D eigenvalue weighted by Gasteiger charge is 2.30. The number of aromatic nitrogens is 3. The lowest BCUT2D eigenvalue weighted by Gasteiger charge is -2.23. The summed E-state index contributed by atoms with van der Waals surface area (Å²) in [4.78, 5) is 8.24. The molecule has 0 saturated carbocycles. The fraction of sp³-hybridized carbons (Fsp3) is 0.333. The first-order valence-corrected chi connectivity index (χ1v) is 5.30. The van der Waals surface area contributed by atoms with Gasteiger partial charge in [0.05, 0.1) is 0 Å². The van der Waals surface area contributed by atoms with Gasteiger partial charge in [0.2, 0.25) is 0 Å². The van der Waals surface area contributed by atoms with Crippen molar-refractivity contribution in [1.29, 1.82) is 0 Å². The molecule has 0 aliphatic carbocycles. The van der Waals surface area contributed by atoms with Gasteiger partial charge in [-0.3, -0.25) is 4.98 Å². The predicted octanol–water partition coefficient (Wildman–Crippen LogP) is 1.55. The zero-order valence-corrected chi connectivity index (χ0v) is 9.46. The molecule has 1 N–H and O–H groups in total. The van der Waals surface area contributed by atoms with Crippen LogP contribution in [-0.4, -0.2) is 19.6 Å². The predicted molar refractivity (Wildman–Crippen MR) is 60.8 cm³/mol. The fourth-order valence-electron chi connectivity index (χ4n) is 1.77. The lowest BCUT2D eigenvalue weighted by atomic mass is 9.97. The van der Waals surface area contributed by atoms with Crippen molar-refractivity contribution < 1.29 is 5.11 Å². The number of aryl methyl sites for hydroxylation is 1. The van der Waals surface area contributed by atoms with Gasteiger partial charge in [-0.25, -0.2) is 4.98 Å². The maximum absolute atomic E-state index is 10.5. The highest BCUT2D eigenvalue weighted by molar-refractivity contribution is 5.25. The van der Waals surface area contributed by atoms with Crippen molar-refractivity contribution in [2.45, 2.75) is 26.0 Å². The third-order valence-electron chi connectivity index (χ3n) is 2.72. The molecule has 2 heterocycles. The van der Waals surface area contributed by atoms with E-state index in [4.69, 9.17) is 0 Å². The van der Waals surface area contributed by atoms with E-state index in [9.17, 15) is 5.11 Å². The Hall–Kier alpha value is -1.68. The molecule has 0 bridgehead atoms. The van der Waals surface area contributed by atoms with Gasteiger partial charge < -0.3 is 9.67 Å². The van der Waals surface area contributed by atoms with Crippen LogP contribution in [0.2, 0.25) is 0 Å². The molecule has 0 fully saturated rings. The summed E-state index contributed by atoms with van der Waals surface area (Å²) >= 11 is 0. The molecule has 2 aromatic rings. The van der Waals surface area contributed by atoms with Gasteiger partial charge in [-0.05, 0) is 19.9 Å². The maximum Gasteiger partial charge on any atom is 0.146 e. The minimum absolute atomic E-state index is 0.642. The van der Waals surface area contributed by atoms with E-state index in [-0.39, 0.29) is 0 Å². The molecule has 2 aromatic heterocycles. The molecule has 4 nitrogen and oxygen atoms in total. The van der Waals surface area contributed by atoms with Crippen LogP contribution in [0.5, 0.6) is 0 Å². The molecule has 84 valence electrons. The highest BCUT2D eigenvalue weighted by atomic mass is 16.3. The highest BCUT2D eigenvalue weighted by Crippen LogP contribution is 2.26. The third-order valence-corrected chi connectivity index (χ3v) is 2.72. The summed E-state index contributed by atoms with van der Waals surface area (Å²) < 4.78 is 1.92. The summed E-state index contributed by atoms with van der Waals surface area (Å²) in [7, 11) is 0. The van der Waals surface area contributed by atoms with Gasteiger partial charge in [-0.1, -0.05) is 6.07 Å². The first-order chi connectivity index (χ1) is 7.66. The number of rotatable bonds is 3. The summed E-state index contributed by atoms with van der Waals surface area (Å²) in [6, 6.07) is 3.66. The molecule has 2 rings (SSSR count). The number of nitrogens with zero attached hydrogens (tertiary/aromatic N) is 3. The number of hydrogen-bond donors (Lipinski definition) is 1. The normalized spacial score (nSPS) is 14.7. The summed E-state index contributed by atoms with van der Waals surface area (Å²) in [5.74, 6) is 0.642. The second-order valence-electron chi connectivity index (χ2n) is 3.85. The van der Waals surface area contributed by atoms with Gasteiger partial charge in [0, 0.05) is 36.9 Å².